The number of unbranched alkanes of at least 4 members (excludes halogenated alkanes) is 1. The van der Waals surface area contributed by atoms with Gasteiger partial charge in [0, 0.05) is 25.0 Å². The molecule has 1 N–H and O–H groups in total. The third kappa shape index (κ3) is 4.84. The molecule has 1 aromatic rings. The van der Waals surface area contributed by atoms with Crippen LogP contribution in [-0.2, 0) is 13.5 Å². The maximum Gasteiger partial charge on any atom is 0.0492 e. The lowest BCUT2D eigenvalue weighted by Crippen LogP contribution is -2.36. The number of aryl methyl sites for hydroxylation is 2. The summed E-state index contributed by atoms with van der Waals surface area (Å²) in [7, 11) is 4.18. The van der Waals surface area contributed by atoms with Crippen molar-refractivity contribution < 1.29 is 0 Å². The summed E-state index contributed by atoms with van der Waals surface area (Å²) in [5, 5.41) is 7.85. The van der Waals surface area contributed by atoms with E-state index in [2.05, 4.69) is 30.5 Å². The van der Waals surface area contributed by atoms with Crippen LogP contribution >= 0.6 is 0 Å². The Morgan fingerprint density at radius 1 is 1.33 bits per heavy atom. The van der Waals surface area contributed by atoms with Crippen molar-refractivity contribution in [1.82, 2.24) is 15.1 Å². The van der Waals surface area contributed by atoms with E-state index in [1.165, 1.54) is 57.1 Å². The van der Waals surface area contributed by atoms with E-state index < -0.39 is 0 Å². The topological polar surface area (TPSA) is 29.9 Å². The van der Waals surface area contributed by atoms with Gasteiger partial charge in [0.1, 0.15) is 0 Å². The Labute approximate surface area is 130 Å². The number of hydrogen-bond donors (Lipinski definition) is 1. The van der Waals surface area contributed by atoms with Crippen LogP contribution in [0.2, 0.25) is 0 Å². The highest BCUT2D eigenvalue weighted by Crippen LogP contribution is 2.34. The Hall–Kier alpha value is -0.830. The maximum atomic E-state index is 4.27. The molecule has 0 saturated heterocycles. The van der Waals surface area contributed by atoms with Gasteiger partial charge in [0.2, 0.25) is 0 Å². The Morgan fingerprint density at radius 3 is 2.67 bits per heavy atom. The smallest absolute Gasteiger partial charge is 0.0492 e. The molecule has 0 amide bonds. The molecule has 1 heterocycles. The third-order valence-electron chi connectivity index (χ3n) is 5.43. The fourth-order valence-electron chi connectivity index (χ4n) is 3.94. The molecule has 0 radical (unpaired) electrons. The zero-order chi connectivity index (χ0) is 15.1. The van der Waals surface area contributed by atoms with Crippen LogP contribution in [0.1, 0.15) is 64.0 Å². The fourth-order valence-corrected chi connectivity index (χ4v) is 3.94. The zero-order valence-corrected chi connectivity index (χ0v) is 14.1. The molecular formula is C18H33N3. The SMILES string of the molecule is CCCCC1CCC(C(CCc2ccnn2C)NC)CC1. The van der Waals surface area contributed by atoms with Crippen molar-refractivity contribution in [2.24, 2.45) is 18.9 Å². The molecule has 1 fully saturated rings. The van der Waals surface area contributed by atoms with Crippen LogP contribution in [0, 0.1) is 11.8 Å². The maximum absolute atomic E-state index is 4.27. The standard InChI is InChI=1S/C18H33N3/c1-4-5-6-15-7-9-16(10-8-15)18(19-2)12-11-17-13-14-20-21(17)3/h13-16,18-19H,4-12H2,1-3H3. The molecule has 2 rings (SSSR count). The lowest BCUT2D eigenvalue weighted by Gasteiger charge is -2.34. The van der Waals surface area contributed by atoms with Crippen molar-refractivity contribution >= 4 is 0 Å². The van der Waals surface area contributed by atoms with Crippen LogP contribution in [0.5, 0.6) is 0 Å². The van der Waals surface area contributed by atoms with E-state index in [1.54, 1.807) is 0 Å². The monoisotopic (exact) mass is 291 g/mol. The van der Waals surface area contributed by atoms with Gasteiger partial charge in [-0.3, -0.25) is 4.68 Å². The summed E-state index contributed by atoms with van der Waals surface area (Å²) in [6.45, 7) is 2.31. The summed E-state index contributed by atoms with van der Waals surface area (Å²) in [5.41, 5.74) is 1.35. The van der Waals surface area contributed by atoms with E-state index in [1.807, 2.05) is 17.9 Å². The average Bonchev–Trinajstić information content (AvgIpc) is 2.92. The molecular weight excluding hydrogens is 258 g/mol. The molecule has 0 aliphatic heterocycles. The van der Waals surface area contributed by atoms with E-state index in [4.69, 9.17) is 0 Å². The molecule has 0 spiro atoms. The van der Waals surface area contributed by atoms with Crippen LogP contribution in [0.15, 0.2) is 12.3 Å². The second kappa shape index (κ2) is 8.57. The van der Waals surface area contributed by atoms with Gasteiger partial charge in [-0.1, -0.05) is 39.0 Å². The van der Waals surface area contributed by atoms with Gasteiger partial charge >= 0.3 is 0 Å². The van der Waals surface area contributed by atoms with Crippen molar-refractivity contribution in [1.29, 1.82) is 0 Å². The van der Waals surface area contributed by atoms with Gasteiger partial charge in [-0.25, -0.2) is 0 Å². The van der Waals surface area contributed by atoms with E-state index in [0.717, 1.165) is 18.3 Å². The lowest BCUT2D eigenvalue weighted by atomic mass is 9.76. The van der Waals surface area contributed by atoms with Gasteiger partial charge in [0.15, 0.2) is 0 Å². The molecule has 0 aromatic carbocycles. The largest absolute Gasteiger partial charge is 0.317 e. The van der Waals surface area contributed by atoms with Crippen molar-refractivity contribution in [3.05, 3.63) is 18.0 Å². The predicted molar refractivity (Wildman–Crippen MR) is 89.3 cm³/mol. The highest BCUT2D eigenvalue weighted by Gasteiger charge is 2.26. The van der Waals surface area contributed by atoms with Crippen LogP contribution in [0.4, 0.5) is 0 Å². The minimum absolute atomic E-state index is 0.673. The lowest BCUT2D eigenvalue weighted by molar-refractivity contribution is 0.211. The molecule has 1 aromatic heterocycles. The molecule has 1 unspecified atom stereocenters. The van der Waals surface area contributed by atoms with Gasteiger partial charge in [-0.05, 0) is 50.6 Å². The molecule has 120 valence electrons. The Kier molecular flexibility index (Phi) is 6.75. The first-order chi connectivity index (χ1) is 10.2. The Morgan fingerprint density at radius 2 is 2.10 bits per heavy atom. The predicted octanol–water partition coefficient (Wildman–Crippen LogP) is 3.94. The summed E-state index contributed by atoms with van der Waals surface area (Å²) in [6.07, 6.45) is 14.3. The van der Waals surface area contributed by atoms with Crippen LogP contribution in [-0.4, -0.2) is 22.9 Å². The number of aromatic nitrogens is 2. The van der Waals surface area contributed by atoms with Crippen LogP contribution in [0.25, 0.3) is 0 Å². The molecule has 0 bridgehead atoms. The summed E-state index contributed by atoms with van der Waals surface area (Å²) >= 11 is 0. The molecule has 21 heavy (non-hydrogen) atoms. The molecule has 1 aliphatic rings. The van der Waals surface area contributed by atoms with Crippen molar-refractivity contribution in [3.8, 4) is 0 Å². The van der Waals surface area contributed by atoms with Gasteiger partial charge in [-0.15, -0.1) is 0 Å². The van der Waals surface area contributed by atoms with Crippen molar-refractivity contribution in [3.63, 3.8) is 0 Å². The second-order valence-corrected chi connectivity index (χ2v) is 6.80. The van der Waals surface area contributed by atoms with Crippen molar-refractivity contribution in [2.45, 2.75) is 70.8 Å². The Bertz CT molecular complexity index is 391. The number of hydrogen-bond acceptors (Lipinski definition) is 2. The highest BCUT2D eigenvalue weighted by atomic mass is 15.2. The molecule has 1 atom stereocenters. The summed E-state index contributed by atoms with van der Waals surface area (Å²) < 4.78 is 2.01. The van der Waals surface area contributed by atoms with E-state index in [9.17, 15) is 0 Å². The third-order valence-corrected chi connectivity index (χ3v) is 5.43. The van der Waals surface area contributed by atoms with Gasteiger partial charge in [-0.2, -0.15) is 5.10 Å². The molecule has 1 saturated carbocycles. The number of rotatable bonds is 8. The van der Waals surface area contributed by atoms with Gasteiger partial charge in [0.05, 0.1) is 0 Å². The highest BCUT2D eigenvalue weighted by molar-refractivity contribution is 5.00. The second-order valence-electron chi connectivity index (χ2n) is 6.80. The van der Waals surface area contributed by atoms with Gasteiger partial charge in [0.25, 0.3) is 0 Å². The summed E-state index contributed by atoms with van der Waals surface area (Å²) in [6, 6.07) is 2.82. The molecule has 3 heteroatoms. The van der Waals surface area contributed by atoms with E-state index >= 15 is 0 Å². The summed E-state index contributed by atoms with van der Waals surface area (Å²) in [5.74, 6) is 1.89. The quantitative estimate of drug-likeness (QED) is 0.786. The van der Waals surface area contributed by atoms with E-state index in [0.29, 0.717) is 6.04 Å². The van der Waals surface area contributed by atoms with E-state index in [-0.39, 0.29) is 0 Å². The minimum Gasteiger partial charge on any atom is -0.317 e. The normalized spacial score (nSPS) is 24.1. The van der Waals surface area contributed by atoms with Gasteiger partial charge < -0.3 is 5.32 Å². The first-order valence-corrected chi connectivity index (χ1v) is 8.88. The first-order valence-electron chi connectivity index (χ1n) is 8.88. The van der Waals surface area contributed by atoms with Crippen LogP contribution < -0.4 is 5.32 Å². The molecule has 3 nitrogen and oxygen atoms in total. The van der Waals surface area contributed by atoms with Crippen molar-refractivity contribution in [2.75, 3.05) is 7.05 Å². The minimum atomic E-state index is 0.673. The Balaban J connectivity index is 1.76. The molecule has 1 aliphatic carbocycles. The first kappa shape index (κ1) is 16.5. The fraction of sp³-hybridized carbons (Fsp3) is 0.833. The average molecular weight is 291 g/mol. The number of nitrogens with zero attached hydrogens (tertiary/aromatic N) is 2. The summed E-state index contributed by atoms with van der Waals surface area (Å²) in [4.78, 5) is 0. The zero-order valence-electron chi connectivity index (χ0n) is 14.1. The number of nitrogens with one attached hydrogen (secondary N) is 1. The van der Waals surface area contributed by atoms with Crippen LogP contribution in [0.3, 0.4) is 0 Å².